The van der Waals surface area contributed by atoms with Gasteiger partial charge in [0.15, 0.2) is 0 Å². The third-order valence-corrected chi connectivity index (χ3v) is 5.63. The second kappa shape index (κ2) is 7.27. The first-order valence-corrected chi connectivity index (χ1v) is 9.66. The fourth-order valence-electron chi connectivity index (χ4n) is 3.20. The molecule has 0 radical (unpaired) electrons. The molecule has 0 saturated carbocycles. The summed E-state index contributed by atoms with van der Waals surface area (Å²) in [6, 6.07) is 7.54. The zero-order valence-corrected chi connectivity index (χ0v) is 16.2. The second-order valence-corrected chi connectivity index (χ2v) is 7.48. The maximum absolute atomic E-state index is 13.2. The summed E-state index contributed by atoms with van der Waals surface area (Å²) in [5.41, 5.74) is -0.768. The second-order valence-electron chi connectivity index (χ2n) is 6.65. The number of alkyl halides is 3. The maximum atomic E-state index is 13.2. The Bertz CT molecular complexity index is 1050. The number of aliphatic hydroxyl groups is 1. The van der Waals surface area contributed by atoms with Gasteiger partial charge in [0.2, 0.25) is 5.60 Å². The fraction of sp³-hybridized carbons (Fsp3) is 0.316. The summed E-state index contributed by atoms with van der Waals surface area (Å²) >= 11 is 1.40. The van der Waals surface area contributed by atoms with Gasteiger partial charge in [-0.2, -0.15) is 13.2 Å². The molecular weight excluding hydrogens is 405 g/mol. The highest BCUT2D eigenvalue weighted by Crippen LogP contribution is 2.40. The van der Waals surface area contributed by atoms with Crippen molar-refractivity contribution in [2.45, 2.75) is 31.7 Å². The maximum Gasteiger partial charge on any atom is 0.423 e. The zero-order valence-electron chi connectivity index (χ0n) is 15.3. The van der Waals surface area contributed by atoms with E-state index in [0.29, 0.717) is 12.4 Å². The standard InChI is InChI=1S/C19H17F3N4O2S/c1-2-18(27,19(20,21)22)17-11-26(25-24-17)10-12-3-4-13-14(16-5-7-23-29-16)6-8-28-15(13)9-12/h3-7,9,11,27H,2,8,10H2,1H3. The van der Waals surface area contributed by atoms with Crippen molar-refractivity contribution < 1.29 is 23.0 Å². The monoisotopic (exact) mass is 422 g/mol. The highest BCUT2D eigenvalue weighted by atomic mass is 32.1. The SMILES string of the molecule is CCC(O)(c1cn(Cc2ccc3c(c2)OCC=C3c2ccns2)nn1)C(F)(F)F. The van der Waals surface area contributed by atoms with Crippen LogP contribution in [0.5, 0.6) is 5.75 Å². The van der Waals surface area contributed by atoms with Crippen LogP contribution in [0.1, 0.15) is 35.0 Å². The van der Waals surface area contributed by atoms with Crippen LogP contribution in [0.2, 0.25) is 0 Å². The van der Waals surface area contributed by atoms with Crippen LogP contribution in [0.15, 0.2) is 42.7 Å². The summed E-state index contributed by atoms with van der Waals surface area (Å²) in [7, 11) is 0. The average molecular weight is 422 g/mol. The van der Waals surface area contributed by atoms with E-state index in [2.05, 4.69) is 14.7 Å². The molecule has 1 N–H and O–H groups in total. The molecule has 2 aromatic heterocycles. The Hall–Kier alpha value is -2.72. The van der Waals surface area contributed by atoms with Gasteiger partial charge in [0, 0.05) is 17.3 Å². The molecule has 1 aliphatic heterocycles. The first-order chi connectivity index (χ1) is 13.8. The van der Waals surface area contributed by atoms with Crippen molar-refractivity contribution in [2.75, 3.05) is 6.61 Å². The molecule has 0 aliphatic carbocycles. The largest absolute Gasteiger partial charge is 0.489 e. The topological polar surface area (TPSA) is 73.1 Å². The third-order valence-electron chi connectivity index (χ3n) is 4.85. The number of hydrogen-bond donors (Lipinski definition) is 1. The molecule has 0 spiro atoms. The van der Waals surface area contributed by atoms with Crippen LogP contribution in [0, 0.1) is 0 Å². The van der Waals surface area contributed by atoms with Gasteiger partial charge in [-0.1, -0.05) is 24.3 Å². The van der Waals surface area contributed by atoms with Crippen LogP contribution in [0.25, 0.3) is 5.57 Å². The van der Waals surface area contributed by atoms with E-state index in [1.807, 2.05) is 30.3 Å². The first-order valence-electron chi connectivity index (χ1n) is 8.89. The van der Waals surface area contributed by atoms with E-state index in [9.17, 15) is 18.3 Å². The lowest BCUT2D eigenvalue weighted by molar-refractivity contribution is -0.269. The van der Waals surface area contributed by atoms with Gasteiger partial charge in [0.05, 0.1) is 17.6 Å². The molecule has 0 amide bonds. The van der Waals surface area contributed by atoms with E-state index in [0.717, 1.165) is 27.8 Å². The summed E-state index contributed by atoms with van der Waals surface area (Å²) in [5.74, 6) is 0.689. The van der Waals surface area contributed by atoms with Crippen molar-refractivity contribution in [2.24, 2.45) is 0 Å². The van der Waals surface area contributed by atoms with E-state index in [1.165, 1.54) is 23.1 Å². The summed E-state index contributed by atoms with van der Waals surface area (Å²) in [6.45, 7) is 1.87. The van der Waals surface area contributed by atoms with Gasteiger partial charge in [-0.3, -0.25) is 0 Å². The predicted octanol–water partition coefficient (Wildman–Crippen LogP) is 3.77. The summed E-state index contributed by atoms with van der Waals surface area (Å²) in [4.78, 5) is 1.04. The Morgan fingerprint density at radius 3 is 2.79 bits per heavy atom. The van der Waals surface area contributed by atoms with Crippen LogP contribution in [0.3, 0.4) is 0 Å². The number of ether oxygens (including phenoxy) is 1. The van der Waals surface area contributed by atoms with Gasteiger partial charge in [-0.25, -0.2) is 9.06 Å². The number of aromatic nitrogens is 4. The molecule has 6 nitrogen and oxygen atoms in total. The zero-order chi connectivity index (χ0) is 20.6. The van der Waals surface area contributed by atoms with Crippen molar-refractivity contribution in [1.82, 2.24) is 19.4 Å². The van der Waals surface area contributed by atoms with Crippen molar-refractivity contribution in [3.8, 4) is 5.75 Å². The molecule has 29 heavy (non-hydrogen) atoms. The molecule has 1 aliphatic rings. The van der Waals surface area contributed by atoms with Gasteiger partial charge in [0.1, 0.15) is 18.1 Å². The lowest BCUT2D eigenvalue weighted by Gasteiger charge is -2.26. The van der Waals surface area contributed by atoms with Crippen LogP contribution in [0.4, 0.5) is 13.2 Å². The average Bonchev–Trinajstić information content (AvgIpc) is 3.38. The van der Waals surface area contributed by atoms with Gasteiger partial charge >= 0.3 is 6.18 Å². The number of rotatable bonds is 5. The van der Waals surface area contributed by atoms with Crippen molar-refractivity contribution in [3.05, 3.63) is 64.4 Å². The van der Waals surface area contributed by atoms with Crippen LogP contribution in [-0.4, -0.2) is 37.3 Å². The highest BCUT2D eigenvalue weighted by molar-refractivity contribution is 7.07. The van der Waals surface area contributed by atoms with E-state index in [-0.39, 0.29) is 6.54 Å². The number of benzene rings is 1. The van der Waals surface area contributed by atoms with Crippen LogP contribution >= 0.6 is 11.5 Å². The molecule has 3 heterocycles. The molecule has 1 aromatic carbocycles. The first kappa shape index (κ1) is 19.6. The van der Waals surface area contributed by atoms with E-state index in [4.69, 9.17) is 4.74 Å². The predicted molar refractivity (Wildman–Crippen MR) is 100 cm³/mol. The Morgan fingerprint density at radius 2 is 2.10 bits per heavy atom. The molecular formula is C19H17F3N4O2S. The summed E-state index contributed by atoms with van der Waals surface area (Å²) < 4.78 is 50.8. The Balaban J connectivity index is 1.58. The molecule has 0 bridgehead atoms. The lowest BCUT2D eigenvalue weighted by atomic mass is 9.96. The molecule has 1 atom stereocenters. The van der Waals surface area contributed by atoms with Crippen LogP contribution in [-0.2, 0) is 12.1 Å². The van der Waals surface area contributed by atoms with Gasteiger partial charge in [0.25, 0.3) is 0 Å². The quantitative estimate of drug-likeness (QED) is 0.678. The van der Waals surface area contributed by atoms with Crippen LogP contribution < -0.4 is 4.74 Å². The normalized spacial score (nSPS) is 16.0. The minimum Gasteiger partial charge on any atom is -0.489 e. The molecule has 4 rings (SSSR count). The van der Waals surface area contributed by atoms with E-state index in [1.54, 1.807) is 6.20 Å². The Labute approximate surface area is 168 Å². The third kappa shape index (κ3) is 3.53. The summed E-state index contributed by atoms with van der Waals surface area (Å²) in [5, 5.41) is 17.3. The van der Waals surface area contributed by atoms with Gasteiger partial charge in [-0.15, -0.1) is 5.10 Å². The molecule has 0 saturated heterocycles. The Kier molecular flexibility index (Phi) is 4.91. The number of nitrogens with zero attached hydrogens (tertiary/aromatic N) is 4. The number of hydrogen-bond acceptors (Lipinski definition) is 6. The smallest absolute Gasteiger partial charge is 0.423 e. The number of halogens is 3. The van der Waals surface area contributed by atoms with Crippen molar-refractivity contribution >= 4 is 17.1 Å². The Morgan fingerprint density at radius 1 is 1.28 bits per heavy atom. The van der Waals surface area contributed by atoms with E-state index >= 15 is 0 Å². The summed E-state index contributed by atoms with van der Waals surface area (Å²) in [6.07, 6.45) is -0.525. The van der Waals surface area contributed by atoms with Gasteiger partial charge < -0.3 is 9.84 Å². The van der Waals surface area contributed by atoms with Gasteiger partial charge in [-0.05, 0) is 41.7 Å². The lowest BCUT2D eigenvalue weighted by Crippen LogP contribution is -2.42. The molecule has 3 aromatic rings. The fourth-order valence-corrected chi connectivity index (χ4v) is 3.85. The van der Waals surface area contributed by atoms with Crippen molar-refractivity contribution in [3.63, 3.8) is 0 Å². The minimum atomic E-state index is -4.83. The molecule has 10 heteroatoms. The molecule has 1 unspecified atom stereocenters. The molecule has 0 fully saturated rings. The highest BCUT2D eigenvalue weighted by Gasteiger charge is 2.55. The van der Waals surface area contributed by atoms with Crippen molar-refractivity contribution in [1.29, 1.82) is 0 Å². The minimum absolute atomic E-state index is 0.195. The number of fused-ring (bicyclic) bond motifs is 1. The van der Waals surface area contributed by atoms with E-state index < -0.39 is 23.9 Å². The molecule has 152 valence electrons.